The SMILES string of the molecule is CN=C(NCCNc1nc2ccccc2s1)N1CCCC(CC(N)=O)C1. The summed E-state index contributed by atoms with van der Waals surface area (Å²) in [5.41, 5.74) is 6.37. The first-order valence-corrected chi connectivity index (χ1v) is 9.80. The number of hydrogen-bond donors (Lipinski definition) is 3. The fraction of sp³-hybridized carbons (Fsp3) is 0.500. The van der Waals surface area contributed by atoms with Crippen LogP contribution >= 0.6 is 11.3 Å². The molecule has 0 spiro atoms. The van der Waals surface area contributed by atoms with E-state index in [1.54, 1.807) is 18.4 Å². The van der Waals surface area contributed by atoms with E-state index >= 15 is 0 Å². The van der Waals surface area contributed by atoms with Crippen molar-refractivity contribution >= 4 is 38.6 Å². The Morgan fingerprint density at radius 3 is 3.04 bits per heavy atom. The molecule has 8 heteroatoms. The second-order valence-electron chi connectivity index (χ2n) is 6.51. The molecule has 0 radical (unpaired) electrons. The number of nitrogens with one attached hydrogen (secondary N) is 2. The highest BCUT2D eigenvalue weighted by atomic mass is 32.1. The number of aromatic nitrogens is 1. The van der Waals surface area contributed by atoms with Crippen LogP contribution in [-0.2, 0) is 4.79 Å². The van der Waals surface area contributed by atoms with E-state index in [2.05, 4.69) is 31.6 Å². The van der Waals surface area contributed by atoms with E-state index < -0.39 is 0 Å². The third-order valence-electron chi connectivity index (χ3n) is 4.50. The van der Waals surface area contributed by atoms with E-state index in [0.717, 1.165) is 55.6 Å². The first-order valence-electron chi connectivity index (χ1n) is 8.99. The number of primary amides is 1. The van der Waals surface area contributed by atoms with Crippen molar-refractivity contribution in [2.45, 2.75) is 19.3 Å². The summed E-state index contributed by atoms with van der Waals surface area (Å²) < 4.78 is 1.19. The Morgan fingerprint density at radius 2 is 2.27 bits per heavy atom. The number of rotatable bonds is 6. The first-order chi connectivity index (χ1) is 12.7. The van der Waals surface area contributed by atoms with Crippen molar-refractivity contribution in [2.24, 2.45) is 16.6 Å². The van der Waals surface area contributed by atoms with Gasteiger partial charge in [-0.1, -0.05) is 23.5 Å². The van der Waals surface area contributed by atoms with Crippen molar-refractivity contribution in [3.63, 3.8) is 0 Å². The number of guanidine groups is 1. The lowest BCUT2D eigenvalue weighted by molar-refractivity contribution is -0.119. The second-order valence-corrected chi connectivity index (χ2v) is 7.54. The molecule has 1 atom stereocenters. The summed E-state index contributed by atoms with van der Waals surface area (Å²) in [7, 11) is 1.79. The monoisotopic (exact) mass is 374 g/mol. The number of hydrogen-bond acceptors (Lipinski definition) is 5. The van der Waals surface area contributed by atoms with Gasteiger partial charge in [-0.3, -0.25) is 9.79 Å². The molecule has 2 aromatic rings. The number of piperidine rings is 1. The Hall–Kier alpha value is -2.35. The van der Waals surface area contributed by atoms with Crippen molar-refractivity contribution in [3.8, 4) is 0 Å². The molecule has 26 heavy (non-hydrogen) atoms. The lowest BCUT2D eigenvalue weighted by Gasteiger charge is -2.34. The normalized spacial score (nSPS) is 18.1. The van der Waals surface area contributed by atoms with Gasteiger partial charge >= 0.3 is 0 Å². The number of nitrogens with zero attached hydrogens (tertiary/aromatic N) is 3. The molecule has 0 saturated carbocycles. The van der Waals surface area contributed by atoms with Gasteiger partial charge in [0.2, 0.25) is 5.91 Å². The Bertz CT molecular complexity index is 741. The molecule has 1 unspecified atom stereocenters. The van der Waals surface area contributed by atoms with Gasteiger partial charge in [-0.05, 0) is 30.9 Å². The molecular formula is C18H26N6OS. The predicted molar refractivity (Wildman–Crippen MR) is 108 cm³/mol. The van der Waals surface area contributed by atoms with Gasteiger partial charge in [-0.15, -0.1) is 0 Å². The quantitative estimate of drug-likeness (QED) is 0.408. The molecule has 2 heterocycles. The molecule has 1 aliphatic heterocycles. The van der Waals surface area contributed by atoms with Crippen LogP contribution in [0.2, 0.25) is 0 Å². The number of carbonyl (C=O) groups is 1. The maximum Gasteiger partial charge on any atom is 0.217 e. The number of amides is 1. The van der Waals surface area contributed by atoms with Crippen LogP contribution in [0.3, 0.4) is 0 Å². The number of benzene rings is 1. The first kappa shape index (κ1) is 18.4. The van der Waals surface area contributed by atoms with E-state index in [1.807, 2.05) is 18.2 Å². The minimum absolute atomic E-state index is 0.222. The molecule has 1 fully saturated rings. The summed E-state index contributed by atoms with van der Waals surface area (Å²) in [6.45, 7) is 3.30. The van der Waals surface area contributed by atoms with Gasteiger partial charge in [0.15, 0.2) is 11.1 Å². The van der Waals surface area contributed by atoms with Gasteiger partial charge in [0, 0.05) is 39.6 Å². The fourth-order valence-electron chi connectivity index (χ4n) is 3.33. The summed E-state index contributed by atoms with van der Waals surface area (Å²) in [5, 5.41) is 7.69. The molecule has 1 aliphatic rings. The van der Waals surface area contributed by atoms with Gasteiger partial charge in [0.05, 0.1) is 10.2 Å². The van der Waals surface area contributed by atoms with Crippen LogP contribution in [-0.4, -0.2) is 55.0 Å². The van der Waals surface area contributed by atoms with Gasteiger partial charge < -0.3 is 21.3 Å². The molecular weight excluding hydrogens is 348 g/mol. The molecule has 7 nitrogen and oxygen atoms in total. The zero-order valence-corrected chi connectivity index (χ0v) is 15.9. The van der Waals surface area contributed by atoms with E-state index in [4.69, 9.17) is 5.73 Å². The number of anilines is 1. The van der Waals surface area contributed by atoms with Gasteiger partial charge in [-0.2, -0.15) is 0 Å². The van der Waals surface area contributed by atoms with Crippen molar-refractivity contribution in [1.82, 2.24) is 15.2 Å². The summed E-state index contributed by atoms with van der Waals surface area (Å²) >= 11 is 1.66. The number of carbonyl (C=O) groups excluding carboxylic acids is 1. The van der Waals surface area contributed by atoms with Crippen LogP contribution in [0, 0.1) is 5.92 Å². The zero-order valence-electron chi connectivity index (χ0n) is 15.1. The summed E-state index contributed by atoms with van der Waals surface area (Å²) in [4.78, 5) is 22.3. The molecule has 1 saturated heterocycles. The van der Waals surface area contributed by atoms with Gasteiger partial charge in [0.1, 0.15) is 0 Å². The van der Waals surface area contributed by atoms with Crippen LogP contribution in [0.5, 0.6) is 0 Å². The minimum Gasteiger partial charge on any atom is -0.370 e. The van der Waals surface area contributed by atoms with E-state index in [9.17, 15) is 4.79 Å². The number of thiazole rings is 1. The third kappa shape index (κ3) is 4.85. The Labute approximate surface area is 157 Å². The lowest BCUT2D eigenvalue weighted by atomic mass is 9.95. The summed E-state index contributed by atoms with van der Waals surface area (Å²) in [5.74, 6) is 0.978. The predicted octanol–water partition coefficient (Wildman–Crippen LogP) is 1.87. The Morgan fingerprint density at radius 1 is 1.42 bits per heavy atom. The highest BCUT2D eigenvalue weighted by Gasteiger charge is 2.23. The van der Waals surface area contributed by atoms with Crippen molar-refractivity contribution in [1.29, 1.82) is 0 Å². The molecule has 1 aromatic heterocycles. The van der Waals surface area contributed by atoms with Crippen LogP contribution in [0.25, 0.3) is 10.2 Å². The smallest absolute Gasteiger partial charge is 0.217 e. The largest absolute Gasteiger partial charge is 0.370 e. The molecule has 1 aromatic carbocycles. The van der Waals surface area contributed by atoms with Crippen LogP contribution in [0.1, 0.15) is 19.3 Å². The topological polar surface area (TPSA) is 95.6 Å². The standard InChI is InChI=1S/C18H26N6OS/c1-20-17(24-10-4-5-13(12-24)11-16(19)25)21-8-9-22-18-23-14-6-2-3-7-15(14)26-18/h2-3,6-7,13H,4-5,8-12H2,1H3,(H2,19,25)(H,20,21)(H,22,23). The van der Waals surface area contributed by atoms with Crippen molar-refractivity contribution < 1.29 is 4.79 Å². The molecule has 1 amide bonds. The van der Waals surface area contributed by atoms with Crippen molar-refractivity contribution in [2.75, 3.05) is 38.5 Å². The zero-order chi connectivity index (χ0) is 18.4. The Kier molecular flexibility index (Phi) is 6.27. The number of para-hydroxylation sites is 1. The summed E-state index contributed by atoms with van der Waals surface area (Å²) in [6.07, 6.45) is 2.56. The second kappa shape index (κ2) is 8.84. The number of nitrogens with two attached hydrogens (primary N) is 1. The Balaban J connectivity index is 1.45. The van der Waals surface area contributed by atoms with Crippen LogP contribution in [0.4, 0.5) is 5.13 Å². The maximum atomic E-state index is 11.2. The molecule has 4 N–H and O–H groups in total. The third-order valence-corrected chi connectivity index (χ3v) is 5.49. The highest BCUT2D eigenvalue weighted by Crippen LogP contribution is 2.25. The average molecular weight is 375 g/mol. The van der Waals surface area contributed by atoms with Gasteiger partial charge in [0.25, 0.3) is 0 Å². The van der Waals surface area contributed by atoms with E-state index in [-0.39, 0.29) is 5.91 Å². The lowest BCUT2D eigenvalue weighted by Crippen LogP contribution is -2.48. The molecule has 140 valence electrons. The van der Waals surface area contributed by atoms with Crippen LogP contribution < -0.4 is 16.4 Å². The number of likely N-dealkylation sites (tertiary alicyclic amines) is 1. The number of aliphatic imine (C=N–C) groups is 1. The van der Waals surface area contributed by atoms with E-state index in [1.165, 1.54) is 4.70 Å². The van der Waals surface area contributed by atoms with E-state index in [0.29, 0.717) is 12.3 Å². The number of fused-ring (bicyclic) bond motifs is 1. The average Bonchev–Trinajstić information content (AvgIpc) is 3.04. The van der Waals surface area contributed by atoms with Crippen LogP contribution in [0.15, 0.2) is 29.3 Å². The minimum atomic E-state index is -0.222. The fourth-order valence-corrected chi connectivity index (χ4v) is 4.22. The molecule has 0 bridgehead atoms. The highest BCUT2D eigenvalue weighted by molar-refractivity contribution is 7.22. The molecule has 3 rings (SSSR count). The van der Waals surface area contributed by atoms with Gasteiger partial charge in [-0.25, -0.2) is 4.98 Å². The maximum absolute atomic E-state index is 11.2. The summed E-state index contributed by atoms with van der Waals surface area (Å²) in [6, 6.07) is 8.13. The van der Waals surface area contributed by atoms with Crippen molar-refractivity contribution in [3.05, 3.63) is 24.3 Å². The molecule has 0 aliphatic carbocycles.